The Kier molecular flexibility index (Phi) is 9.90. The van der Waals surface area contributed by atoms with Crippen molar-refractivity contribution in [1.82, 2.24) is 20.0 Å². The van der Waals surface area contributed by atoms with E-state index >= 15 is 0 Å². The van der Waals surface area contributed by atoms with Crippen LogP contribution in [0.3, 0.4) is 0 Å². The first kappa shape index (κ1) is 30.4. The van der Waals surface area contributed by atoms with Gasteiger partial charge in [-0.15, -0.1) is 0 Å². The molecule has 0 spiro atoms. The minimum atomic E-state index is -0.281. The molecule has 0 bridgehead atoms. The Bertz CT molecular complexity index is 1210. The summed E-state index contributed by atoms with van der Waals surface area (Å²) >= 11 is 6.15. The minimum Gasteiger partial charge on any atom is -0.341 e. The van der Waals surface area contributed by atoms with E-state index in [1.807, 2.05) is 34.1 Å². The normalized spacial score (nSPS) is 24.0. The first-order valence-electron chi connectivity index (χ1n) is 16.6. The molecule has 43 heavy (non-hydrogen) atoms. The smallest absolute Gasteiger partial charge is 0.321 e. The molecular formula is C35H48ClN5O2. The van der Waals surface area contributed by atoms with E-state index in [-0.39, 0.29) is 30.1 Å². The Morgan fingerprint density at radius 2 is 1.42 bits per heavy atom. The zero-order valence-electron chi connectivity index (χ0n) is 25.4. The molecule has 8 heteroatoms. The number of rotatable bonds is 7. The lowest BCUT2D eigenvalue weighted by atomic mass is 9.90. The maximum atomic E-state index is 14.2. The van der Waals surface area contributed by atoms with Crippen molar-refractivity contribution in [2.45, 2.75) is 120 Å². The van der Waals surface area contributed by atoms with Crippen LogP contribution in [-0.2, 0) is 24.3 Å². The van der Waals surface area contributed by atoms with Gasteiger partial charge in [-0.2, -0.15) is 0 Å². The average Bonchev–Trinajstić information content (AvgIpc) is 3.48. The van der Waals surface area contributed by atoms with Crippen LogP contribution in [0.5, 0.6) is 0 Å². The molecule has 6 rings (SSSR count). The molecule has 3 N–H and O–H groups in total. The van der Waals surface area contributed by atoms with E-state index in [4.69, 9.17) is 17.3 Å². The zero-order valence-corrected chi connectivity index (χ0v) is 26.2. The molecule has 2 saturated carbocycles. The van der Waals surface area contributed by atoms with Crippen LogP contribution in [0.15, 0.2) is 48.5 Å². The summed E-state index contributed by atoms with van der Waals surface area (Å²) in [5.74, 6) is 0.175. The molecule has 3 fully saturated rings. The van der Waals surface area contributed by atoms with Crippen LogP contribution in [0, 0.1) is 0 Å². The molecule has 0 aromatic heterocycles. The molecule has 2 aliphatic carbocycles. The molecule has 2 aromatic rings. The first-order chi connectivity index (χ1) is 20.9. The van der Waals surface area contributed by atoms with Gasteiger partial charge >= 0.3 is 6.03 Å². The number of urea groups is 1. The van der Waals surface area contributed by atoms with Crippen LogP contribution in [-0.4, -0.2) is 69.9 Å². The van der Waals surface area contributed by atoms with Crippen LogP contribution in [0.1, 0.15) is 87.3 Å². The number of fused-ring (bicyclic) bond motifs is 1. The van der Waals surface area contributed by atoms with Crippen molar-refractivity contribution in [3.63, 3.8) is 0 Å². The van der Waals surface area contributed by atoms with E-state index in [2.05, 4.69) is 34.5 Å². The fraction of sp³-hybridized carbons (Fsp3) is 0.600. The van der Waals surface area contributed by atoms with Crippen molar-refractivity contribution in [2.75, 3.05) is 13.1 Å². The molecule has 0 radical (unpaired) electrons. The predicted molar refractivity (Wildman–Crippen MR) is 172 cm³/mol. The molecular weight excluding hydrogens is 558 g/mol. The fourth-order valence-corrected chi connectivity index (χ4v) is 7.96. The lowest BCUT2D eigenvalue weighted by molar-refractivity contribution is -0.135. The summed E-state index contributed by atoms with van der Waals surface area (Å²) in [7, 11) is 0. The van der Waals surface area contributed by atoms with Crippen molar-refractivity contribution in [3.8, 4) is 0 Å². The summed E-state index contributed by atoms with van der Waals surface area (Å²) < 4.78 is 0. The number of carbonyl (C=O) groups excluding carboxylic acids is 2. The van der Waals surface area contributed by atoms with E-state index in [0.29, 0.717) is 49.7 Å². The second kappa shape index (κ2) is 14.0. The lowest BCUT2D eigenvalue weighted by Crippen LogP contribution is -2.58. The summed E-state index contributed by atoms with van der Waals surface area (Å²) in [6, 6.07) is 17.2. The van der Waals surface area contributed by atoms with E-state index in [9.17, 15) is 9.59 Å². The fourth-order valence-electron chi connectivity index (χ4n) is 7.83. The molecule has 7 nitrogen and oxygen atoms in total. The summed E-state index contributed by atoms with van der Waals surface area (Å²) in [6.45, 7) is 2.77. The molecule has 1 saturated heterocycles. The Morgan fingerprint density at radius 3 is 2.05 bits per heavy atom. The van der Waals surface area contributed by atoms with Gasteiger partial charge in [0, 0.05) is 55.4 Å². The number of carbonyl (C=O) groups is 2. The third kappa shape index (κ3) is 7.38. The lowest BCUT2D eigenvalue weighted by Gasteiger charge is -2.45. The largest absolute Gasteiger partial charge is 0.341 e. The number of piperidine rings is 1. The van der Waals surface area contributed by atoms with Crippen molar-refractivity contribution < 1.29 is 9.59 Å². The Labute approximate surface area is 262 Å². The maximum absolute atomic E-state index is 14.2. The average molecular weight is 606 g/mol. The standard InChI is InChI=1S/C35H48ClN5O2/c36-28-12-10-25(11-13-28)22-33(38-30-16-14-29(37)15-17-30)34(42)39-20-18-32(19-21-39)41(31-8-2-1-3-9-31)35(43)40-23-26-6-4-5-7-27(26)24-40/h4-7,10-13,29-33,38H,1-3,8-9,14-24,37H2/t29?,30?,33-/m1/s1. The van der Waals surface area contributed by atoms with Gasteiger partial charge in [0.15, 0.2) is 0 Å². The third-order valence-electron chi connectivity index (χ3n) is 10.3. The number of hydrogen-bond donors (Lipinski definition) is 2. The first-order valence-corrected chi connectivity index (χ1v) is 17.0. The van der Waals surface area contributed by atoms with Gasteiger partial charge in [0.05, 0.1) is 6.04 Å². The highest BCUT2D eigenvalue weighted by Gasteiger charge is 2.39. The Balaban J connectivity index is 1.13. The Hall–Kier alpha value is -2.61. The maximum Gasteiger partial charge on any atom is 0.321 e. The molecule has 232 valence electrons. The highest BCUT2D eigenvalue weighted by Crippen LogP contribution is 2.32. The number of likely N-dealkylation sites (tertiary alicyclic amines) is 1. The topological polar surface area (TPSA) is 81.9 Å². The zero-order chi connectivity index (χ0) is 29.8. The second-order valence-electron chi connectivity index (χ2n) is 13.3. The van der Waals surface area contributed by atoms with Gasteiger partial charge in [-0.25, -0.2) is 4.79 Å². The van der Waals surface area contributed by atoms with Gasteiger partial charge in [-0.1, -0.05) is 67.3 Å². The Morgan fingerprint density at radius 1 is 0.814 bits per heavy atom. The van der Waals surface area contributed by atoms with Gasteiger partial charge in [-0.05, 0) is 86.6 Å². The van der Waals surface area contributed by atoms with Crippen molar-refractivity contribution in [1.29, 1.82) is 0 Å². The molecule has 1 atom stereocenters. The molecule has 2 aliphatic heterocycles. The molecule has 2 aromatic carbocycles. The van der Waals surface area contributed by atoms with Crippen LogP contribution in [0.4, 0.5) is 4.79 Å². The summed E-state index contributed by atoms with van der Waals surface area (Å²) in [5.41, 5.74) is 9.81. The highest BCUT2D eigenvalue weighted by molar-refractivity contribution is 6.30. The third-order valence-corrected chi connectivity index (χ3v) is 10.6. The SMILES string of the molecule is NC1CCC(N[C@H](Cc2ccc(Cl)cc2)C(=O)N2CCC(N(C(=O)N3Cc4ccccc4C3)C3CCCCC3)CC2)CC1. The summed E-state index contributed by atoms with van der Waals surface area (Å²) in [4.78, 5) is 34.6. The van der Waals surface area contributed by atoms with E-state index < -0.39 is 0 Å². The van der Waals surface area contributed by atoms with Crippen LogP contribution < -0.4 is 11.1 Å². The van der Waals surface area contributed by atoms with Crippen molar-refractivity contribution >= 4 is 23.5 Å². The number of nitrogens with zero attached hydrogens (tertiary/aromatic N) is 3. The highest BCUT2D eigenvalue weighted by atomic mass is 35.5. The molecule has 2 heterocycles. The quantitative estimate of drug-likeness (QED) is 0.413. The molecule has 0 unspecified atom stereocenters. The van der Waals surface area contributed by atoms with Gasteiger partial charge < -0.3 is 25.8 Å². The monoisotopic (exact) mass is 605 g/mol. The minimum absolute atomic E-state index is 0.172. The molecule has 4 aliphatic rings. The van der Waals surface area contributed by atoms with Crippen LogP contribution in [0.2, 0.25) is 5.02 Å². The number of nitrogens with one attached hydrogen (secondary N) is 1. The van der Waals surface area contributed by atoms with Gasteiger partial charge in [0.2, 0.25) is 5.91 Å². The second-order valence-corrected chi connectivity index (χ2v) is 13.8. The summed E-state index contributed by atoms with van der Waals surface area (Å²) in [6.07, 6.45) is 12.1. The van der Waals surface area contributed by atoms with Crippen molar-refractivity contribution in [2.24, 2.45) is 5.73 Å². The number of benzene rings is 2. The van der Waals surface area contributed by atoms with Gasteiger partial charge in [0.25, 0.3) is 0 Å². The van der Waals surface area contributed by atoms with Gasteiger partial charge in [0.1, 0.15) is 0 Å². The van der Waals surface area contributed by atoms with Crippen molar-refractivity contribution in [3.05, 3.63) is 70.2 Å². The number of hydrogen-bond acceptors (Lipinski definition) is 4. The van der Waals surface area contributed by atoms with E-state index in [1.165, 1.54) is 30.4 Å². The van der Waals surface area contributed by atoms with Gasteiger partial charge in [-0.3, -0.25) is 4.79 Å². The predicted octanol–water partition coefficient (Wildman–Crippen LogP) is 5.87. The van der Waals surface area contributed by atoms with E-state index in [1.54, 1.807) is 0 Å². The molecule has 3 amide bonds. The number of halogens is 1. The van der Waals surface area contributed by atoms with E-state index in [0.717, 1.165) is 56.9 Å². The number of nitrogens with two attached hydrogens (primary N) is 1. The summed E-state index contributed by atoms with van der Waals surface area (Å²) in [5, 5.41) is 4.44. The van der Waals surface area contributed by atoms with Crippen LogP contribution >= 0.6 is 11.6 Å². The number of amides is 3. The van der Waals surface area contributed by atoms with Crippen LogP contribution in [0.25, 0.3) is 0 Å².